The maximum absolute atomic E-state index is 13.8. The maximum Gasteiger partial charge on any atom is 0.253 e. The van der Waals surface area contributed by atoms with Crippen LogP contribution in [-0.2, 0) is 17.8 Å². The smallest absolute Gasteiger partial charge is 0.253 e. The SMILES string of the molecule is CCCc1cc(C)[nH]c(=O)c1CNC(=O)c1cc(-c2ccc(N3CCN(CCNC(=O)CCC45CC6CC4CC6C5)CC3)nc2)cc(NC(C)C)c1C=N. The predicted octanol–water partition coefficient (Wildman–Crippen LogP) is 5.90. The molecule has 288 valence electrons. The first-order valence-corrected chi connectivity index (χ1v) is 20.2. The fourth-order valence-electron chi connectivity index (χ4n) is 10.2. The Hall–Kier alpha value is -4.51. The molecule has 0 radical (unpaired) electrons. The number of anilines is 2. The van der Waals surface area contributed by atoms with E-state index in [4.69, 9.17) is 10.4 Å². The molecule has 2 amide bonds. The van der Waals surface area contributed by atoms with Crippen LogP contribution in [0, 0.1) is 35.5 Å². The van der Waals surface area contributed by atoms with Gasteiger partial charge in [-0.05, 0) is 124 Å². The zero-order valence-corrected chi connectivity index (χ0v) is 32.5. The van der Waals surface area contributed by atoms with E-state index in [1.807, 2.05) is 57.3 Å². The Labute approximate surface area is 319 Å². The van der Waals surface area contributed by atoms with Gasteiger partial charge in [-0.3, -0.25) is 19.3 Å². The number of nitrogens with zero attached hydrogens (tertiary/aromatic N) is 3. The largest absolute Gasteiger partial charge is 0.382 e. The second-order valence-electron chi connectivity index (χ2n) is 16.7. The molecular weight excluding hydrogens is 677 g/mol. The standard InChI is InChI=1S/C43H58N8O3/c1-5-6-29-17-28(4)49-42(54)37(29)26-47-41(53)35-20-31(21-38(36(35)24-44)48-27(2)3)30-7-8-39(46-25-30)51-15-13-50(14-16-51)12-11-45-40(52)9-10-43-22-32-18-34(43)19-33(32)23-43/h7-8,17,20-21,24-25,27,32-34,44,48H,5-6,9-16,18-19,22-23,26H2,1-4H3,(H,45,52)(H,47,53)(H,49,54). The van der Waals surface area contributed by atoms with Crippen molar-refractivity contribution in [2.24, 2.45) is 23.2 Å². The highest BCUT2D eigenvalue weighted by molar-refractivity contribution is 6.06. The molecule has 4 saturated carbocycles. The summed E-state index contributed by atoms with van der Waals surface area (Å²) in [6.07, 6.45) is 12.1. The van der Waals surface area contributed by atoms with Crippen LogP contribution in [0.5, 0.6) is 0 Å². The number of pyridine rings is 2. The van der Waals surface area contributed by atoms with E-state index in [9.17, 15) is 14.4 Å². The molecule has 2 unspecified atom stereocenters. The summed E-state index contributed by atoms with van der Waals surface area (Å²) in [5.74, 6) is 3.61. The van der Waals surface area contributed by atoms with Crippen molar-refractivity contribution in [1.82, 2.24) is 25.5 Å². The lowest BCUT2D eigenvalue weighted by Crippen LogP contribution is -2.48. The summed E-state index contributed by atoms with van der Waals surface area (Å²) in [7, 11) is 0. The van der Waals surface area contributed by atoms with Crippen LogP contribution in [0.2, 0.25) is 0 Å². The Kier molecular flexibility index (Phi) is 11.2. The zero-order chi connectivity index (χ0) is 38.0. The first kappa shape index (κ1) is 37.8. The number of rotatable bonds is 16. The van der Waals surface area contributed by atoms with Crippen LogP contribution in [0.15, 0.2) is 41.3 Å². The second kappa shape index (κ2) is 16.1. The second-order valence-corrected chi connectivity index (χ2v) is 16.7. The van der Waals surface area contributed by atoms with E-state index in [2.05, 4.69) is 37.7 Å². The van der Waals surface area contributed by atoms with Crippen molar-refractivity contribution in [3.8, 4) is 11.1 Å². The molecule has 8 rings (SSSR count). The van der Waals surface area contributed by atoms with Gasteiger partial charge in [0, 0.05) is 98.8 Å². The molecular formula is C43H58N8O3. The molecule has 1 aromatic carbocycles. The minimum atomic E-state index is -0.349. The van der Waals surface area contributed by atoms with Gasteiger partial charge in [0.25, 0.3) is 11.5 Å². The van der Waals surface area contributed by atoms with Crippen molar-refractivity contribution in [2.75, 3.05) is 49.5 Å². The van der Waals surface area contributed by atoms with Crippen molar-refractivity contribution < 1.29 is 9.59 Å². The van der Waals surface area contributed by atoms with Crippen LogP contribution in [0.3, 0.4) is 0 Å². The van der Waals surface area contributed by atoms with Gasteiger partial charge in [0.15, 0.2) is 0 Å². The van der Waals surface area contributed by atoms with Crippen LogP contribution >= 0.6 is 0 Å². The number of benzene rings is 1. The van der Waals surface area contributed by atoms with E-state index in [-0.39, 0.29) is 30.0 Å². The lowest BCUT2D eigenvalue weighted by molar-refractivity contribution is -0.121. The number of piperazine rings is 1. The number of hydrogen-bond acceptors (Lipinski definition) is 8. The molecule has 11 nitrogen and oxygen atoms in total. The molecule has 5 N–H and O–H groups in total. The summed E-state index contributed by atoms with van der Waals surface area (Å²) in [6.45, 7) is 13.2. The lowest BCUT2D eigenvalue weighted by Gasteiger charge is -2.35. The maximum atomic E-state index is 13.8. The van der Waals surface area contributed by atoms with Gasteiger partial charge in [-0.25, -0.2) is 4.98 Å². The number of hydrogen-bond donors (Lipinski definition) is 5. The normalized spacial score (nSPS) is 23.0. The molecule has 1 saturated heterocycles. The van der Waals surface area contributed by atoms with Crippen LogP contribution in [0.25, 0.3) is 11.1 Å². The lowest BCUT2D eigenvalue weighted by atomic mass is 9.77. The molecule has 0 spiro atoms. The molecule has 3 aromatic rings. The van der Waals surface area contributed by atoms with Crippen molar-refractivity contribution in [2.45, 2.75) is 91.6 Å². The van der Waals surface area contributed by atoms with Crippen molar-refractivity contribution in [1.29, 1.82) is 5.41 Å². The minimum Gasteiger partial charge on any atom is -0.382 e. The molecule has 2 atom stereocenters. The van der Waals surface area contributed by atoms with E-state index in [1.54, 1.807) is 0 Å². The Bertz CT molecular complexity index is 1900. The number of aryl methyl sites for hydroxylation is 2. The summed E-state index contributed by atoms with van der Waals surface area (Å²) in [5, 5.41) is 17.8. The van der Waals surface area contributed by atoms with Gasteiger partial charge in [0.1, 0.15) is 5.82 Å². The number of H-pyrrole nitrogens is 1. The monoisotopic (exact) mass is 734 g/mol. The van der Waals surface area contributed by atoms with Gasteiger partial charge in [-0.15, -0.1) is 0 Å². The molecule has 4 aliphatic carbocycles. The predicted molar refractivity (Wildman–Crippen MR) is 216 cm³/mol. The van der Waals surface area contributed by atoms with Crippen molar-refractivity contribution >= 4 is 29.5 Å². The van der Waals surface area contributed by atoms with Crippen LogP contribution in [0.1, 0.15) is 98.5 Å². The first-order chi connectivity index (χ1) is 26.1. The number of aromatic amines is 1. The van der Waals surface area contributed by atoms with Gasteiger partial charge in [-0.2, -0.15) is 0 Å². The number of carbonyl (C=O) groups excluding carboxylic acids is 2. The summed E-state index contributed by atoms with van der Waals surface area (Å²) in [6, 6.07) is 9.90. The molecule has 5 fully saturated rings. The topological polar surface area (TPSA) is 146 Å². The van der Waals surface area contributed by atoms with Crippen molar-refractivity contribution in [3.63, 3.8) is 0 Å². The van der Waals surface area contributed by atoms with Crippen LogP contribution < -0.4 is 26.4 Å². The third-order valence-electron chi connectivity index (χ3n) is 12.7. The van der Waals surface area contributed by atoms with Crippen LogP contribution in [0.4, 0.5) is 11.5 Å². The van der Waals surface area contributed by atoms with Gasteiger partial charge in [0.2, 0.25) is 5.91 Å². The zero-order valence-electron chi connectivity index (χ0n) is 32.5. The van der Waals surface area contributed by atoms with Gasteiger partial charge in [0.05, 0.1) is 5.56 Å². The molecule has 11 heteroatoms. The molecule has 2 aromatic heterocycles. The minimum absolute atomic E-state index is 0.0785. The molecule has 4 bridgehead atoms. The van der Waals surface area contributed by atoms with E-state index in [0.29, 0.717) is 40.8 Å². The number of aromatic nitrogens is 2. The highest BCUT2D eigenvalue weighted by atomic mass is 16.2. The highest BCUT2D eigenvalue weighted by Crippen LogP contribution is 2.71. The molecule has 1 aliphatic heterocycles. The quantitative estimate of drug-likeness (QED) is 0.115. The molecule has 3 heterocycles. The van der Waals surface area contributed by atoms with E-state index in [0.717, 1.165) is 97.9 Å². The average Bonchev–Trinajstić information content (AvgIpc) is 3.90. The third kappa shape index (κ3) is 7.97. The number of carbonyl (C=O) groups is 2. The summed E-state index contributed by atoms with van der Waals surface area (Å²) < 4.78 is 0. The Morgan fingerprint density at radius 2 is 1.81 bits per heavy atom. The third-order valence-corrected chi connectivity index (χ3v) is 12.7. The Morgan fingerprint density at radius 3 is 2.44 bits per heavy atom. The van der Waals surface area contributed by atoms with Gasteiger partial charge in [-0.1, -0.05) is 13.3 Å². The van der Waals surface area contributed by atoms with Gasteiger partial charge >= 0.3 is 0 Å². The fraction of sp³-hybridized carbons (Fsp3) is 0.558. The number of amides is 2. The van der Waals surface area contributed by atoms with E-state index < -0.39 is 0 Å². The van der Waals surface area contributed by atoms with Gasteiger partial charge < -0.3 is 31.2 Å². The van der Waals surface area contributed by atoms with E-state index >= 15 is 0 Å². The van der Waals surface area contributed by atoms with E-state index in [1.165, 1.54) is 31.9 Å². The molecule has 5 aliphatic rings. The molecule has 54 heavy (non-hydrogen) atoms. The average molecular weight is 735 g/mol. The Balaban J connectivity index is 0.949. The number of nitrogens with one attached hydrogen (secondary N) is 5. The van der Waals surface area contributed by atoms with Crippen molar-refractivity contribution in [3.05, 3.63) is 74.8 Å². The summed E-state index contributed by atoms with van der Waals surface area (Å²) in [4.78, 5) is 51.7. The summed E-state index contributed by atoms with van der Waals surface area (Å²) >= 11 is 0. The first-order valence-electron chi connectivity index (χ1n) is 20.2. The highest BCUT2D eigenvalue weighted by Gasteiger charge is 2.62. The Morgan fingerprint density at radius 1 is 1.06 bits per heavy atom. The summed E-state index contributed by atoms with van der Waals surface area (Å²) in [5.41, 5.74) is 5.82. The van der Waals surface area contributed by atoms with Crippen LogP contribution in [-0.4, -0.2) is 78.2 Å². The fourth-order valence-corrected chi connectivity index (χ4v) is 10.2.